The number of aromatic nitrogens is 1. The van der Waals surface area contributed by atoms with Gasteiger partial charge in [0.2, 0.25) is 5.91 Å². The molecule has 14 heavy (non-hydrogen) atoms. The van der Waals surface area contributed by atoms with Gasteiger partial charge in [-0.25, -0.2) is 4.98 Å². The molecule has 5 heteroatoms. The molecule has 2 N–H and O–H groups in total. The summed E-state index contributed by atoms with van der Waals surface area (Å²) in [5.74, 6) is 0.353. The van der Waals surface area contributed by atoms with Crippen LogP contribution in [0.5, 0.6) is 0 Å². The van der Waals surface area contributed by atoms with Crippen LogP contribution in [0.15, 0.2) is 11.6 Å². The monoisotopic (exact) mass is 211 g/mol. The van der Waals surface area contributed by atoms with E-state index in [9.17, 15) is 4.79 Å². The smallest absolute Gasteiger partial charge is 0.225 e. The zero-order valence-electron chi connectivity index (χ0n) is 7.82. The van der Waals surface area contributed by atoms with Gasteiger partial charge in [0.15, 0.2) is 0 Å². The molecule has 0 aliphatic carbocycles. The summed E-state index contributed by atoms with van der Waals surface area (Å²) >= 11 is 1.63. The molecule has 1 aromatic rings. The minimum Gasteiger partial charge on any atom is -0.355 e. The topological polar surface area (TPSA) is 54.0 Å². The van der Waals surface area contributed by atoms with E-state index >= 15 is 0 Å². The Morgan fingerprint density at radius 3 is 3.14 bits per heavy atom. The van der Waals surface area contributed by atoms with Gasteiger partial charge < -0.3 is 10.6 Å². The molecule has 1 aliphatic heterocycles. The molecule has 76 valence electrons. The van der Waals surface area contributed by atoms with Crippen molar-refractivity contribution >= 4 is 17.2 Å². The van der Waals surface area contributed by atoms with Crippen molar-refractivity contribution in [1.29, 1.82) is 0 Å². The van der Waals surface area contributed by atoms with Gasteiger partial charge >= 0.3 is 0 Å². The Bertz CT molecular complexity index is 295. The van der Waals surface area contributed by atoms with Crippen LogP contribution in [0, 0.1) is 5.92 Å². The van der Waals surface area contributed by atoms with Gasteiger partial charge in [0, 0.05) is 37.6 Å². The van der Waals surface area contributed by atoms with Gasteiger partial charge in [0.05, 0.1) is 10.9 Å². The van der Waals surface area contributed by atoms with E-state index in [0.717, 1.165) is 24.5 Å². The molecule has 2 rings (SSSR count). The summed E-state index contributed by atoms with van der Waals surface area (Å²) in [7, 11) is 0. The van der Waals surface area contributed by atoms with Crippen LogP contribution in [-0.2, 0) is 11.2 Å². The van der Waals surface area contributed by atoms with Gasteiger partial charge in [0.1, 0.15) is 0 Å². The number of thiazole rings is 1. The zero-order chi connectivity index (χ0) is 9.80. The lowest BCUT2D eigenvalue weighted by molar-refractivity contribution is -0.126. The molecule has 1 fully saturated rings. The Balaban J connectivity index is 1.65. The molecule has 0 aromatic carbocycles. The van der Waals surface area contributed by atoms with Crippen molar-refractivity contribution in [2.45, 2.75) is 6.42 Å². The van der Waals surface area contributed by atoms with Gasteiger partial charge in [0.25, 0.3) is 0 Å². The maximum atomic E-state index is 11.4. The fourth-order valence-corrected chi connectivity index (χ4v) is 1.91. The molecular weight excluding hydrogens is 198 g/mol. The number of rotatable bonds is 4. The van der Waals surface area contributed by atoms with Crippen LogP contribution in [0.4, 0.5) is 0 Å². The summed E-state index contributed by atoms with van der Waals surface area (Å²) < 4.78 is 0. The molecule has 0 saturated carbocycles. The molecular formula is C9H13N3OS. The summed E-state index contributed by atoms with van der Waals surface area (Å²) in [4.78, 5) is 15.5. The molecule has 4 nitrogen and oxygen atoms in total. The van der Waals surface area contributed by atoms with Gasteiger partial charge in [-0.05, 0) is 0 Å². The molecule has 1 amide bonds. The fourth-order valence-electron chi connectivity index (χ4n) is 1.29. The first-order valence-corrected chi connectivity index (χ1v) is 5.61. The number of amides is 1. The van der Waals surface area contributed by atoms with Gasteiger partial charge in [-0.1, -0.05) is 0 Å². The van der Waals surface area contributed by atoms with E-state index < -0.39 is 0 Å². The third kappa shape index (κ3) is 2.30. The lowest BCUT2D eigenvalue weighted by Crippen LogP contribution is -2.51. The van der Waals surface area contributed by atoms with Gasteiger partial charge in [-0.2, -0.15) is 0 Å². The second-order valence-corrected chi connectivity index (χ2v) is 4.30. The van der Waals surface area contributed by atoms with E-state index in [2.05, 4.69) is 15.6 Å². The highest BCUT2D eigenvalue weighted by Crippen LogP contribution is 2.05. The van der Waals surface area contributed by atoms with Gasteiger partial charge in [-0.15, -0.1) is 11.3 Å². The Morgan fingerprint density at radius 2 is 2.57 bits per heavy atom. The average molecular weight is 211 g/mol. The summed E-state index contributed by atoms with van der Waals surface area (Å²) in [5.41, 5.74) is 0. The highest BCUT2D eigenvalue weighted by Gasteiger charge is 2.24. The van der Waals surface area contributed by atoms with Crippen LogP contribution in [-0.4, -0.2) is 30.5 Å². The lowest BCUT2D eigenvalue weighted by atomic mass is 10.0. The van der Waals surface area contributed by atoms with E-state index in [4.69, 9.17) is 0 Å². The first-order chi connectivity index (χ1) is 6.86. The van der Waals surface area contributed by atoms with Crippen molar-refractivity contribution < 1.29 is 4.79 Å². The number of hydrogen-bond donors (Lipinski definition) is 2. The van der Waals surface area contributed by atoms with E-state index in [1.807, 2.05) is 5.38 Å². The Labute approximate surface area is 86.7 Å². The number of nitrogens with one attached hydrogen (secondary N) is 2. The maximum absolute atomic E-state index is 11.4. The molecule has 1 saturated heterocycles. The third-order valence-electron chi connectivity index (χ3n) is 2.27. The molecule has 1 aliphatic rings. The Hall–Kier alpha value is -0.940. The predicted molar refractivity (Wildman–Crippen MR) is 55.2 cm³/mol. The van der Waals surface area contributed by atoms with Crippen LogP contribution >= 0.6 is 11.3 Å². The van der Waals surface area contributed by atoms with Crippen molar-refractivity contribution in [3.8, 4) is 0 Å². The van der Waals surface area contributed by atoms with E-state index in [0.29, 0.717) is 6.54 Å². The SMILES string of the molecule is O=C(NCCc1nccs1)C1CNC1. The highest BCUT2D eigenvalue weighted by molar-refractivity contribution is 7.09. The predicted octanol–water partition coefficient (Wildman–Crippen LogP) is 0.0212. The number of carbonyl (C=O) groups excluding carboxylic acids is 1. The zero-order valence-corrected chi connectivity index (χ0v) is 8.64. The molecule has 0 radical (unpaired) electrons. The summed E-state index contributed by atoms with van der Waals surface area (Å²) in [5, 5.41) is 9.02. The molecule has 2 heterocycles. The number of nitrogens with zero attached hydrogens (tertiary/aromatic N) is 1. The second kappa shape index (κ2) is 4.52. The Kier molecular flexibility index (Phi) is 3.10. The van der Waals surface area contributed by atoms with Crippen molar-refractivity contribution in [3.63, 3.8) is 0 Å². The molecule has 0 bridgehead atoms. The van der Waals surface area contributed by atoms with Crippen LogP contribution in [0.1, 0.15) is 5.01 Å². The molecule has 1 aromatic heterocycles. The standard InChI is InChI=1S/C9H13N3OS/c13-9(7-5-10-6-7)12-2-1-8-11-3-4-14-8/h3-4,7,10H,1-2,5-6H2,(H,12,13). The minimum absolute atomic E-state index is 0.167. The van der Waals surface area contributed by atoms with Crippen molar-refractivity contribution in [1.82, 2.24) is 15.6 Å². The summed E-state index contributed by atoms with van der Waals surface area (Å²) in [6.45, 7) is 2.34. The van der Waals surface area contributed by atoms with Crippen LogP contribution in [0.3, 0.4) is 0 Å². The lowest BCUT2D eigenvalue weighted by Gasteiger charge is -2.25. The second-order valence-electron chi connectivity index (χ2n) is 3.32. The molecule has 0 unspecified atom stereocenters. The van der Waals surface area contributed by atoms with Crippen molar-refractivity contribution in [3.05, 3.63) is 16.6 Å². The normalized spacial score (nSPS) is 16.3. The summed E-state index contributed by atoms with van der Waals surface area (Å²) in [6, 6.07) is 0. The summed E-state index contributed by atoms with van der Waals surface area (Å²) in [6.07, 6.45) is 2.63. The highest BCUT2D eigenvalue weighted by atomic mass is 32.1. The van der Waals surface area contributed by atoms with Crippen LogP contribution < -0.4 is 10.6 Å². The molecule has 0 spiro atoms. The van der Waals surface area contributed by atoms with E-state index in [-0.39, 0.29) is 11.8 Å². The minimum atomic E-state index is 0.167. The Morgan fingerprint density at radius 1 is 1.71 bits per heavy atom. The third-order valence-corrected chi connectivity index (χ3v) is 3.11. The van der Waals surface area contributed by atoms with Crippen LogP contribution in [0.25, 0.3) is 0 Å². The van der Waals surface area contributed by atoms with Crippen molar-refractivity contribution in [2.75, 3.05) is 19.6 Å². The number of hydrogen-bond acceptors (Lipinski definition) is 4. The van der Waals surface area contributed by atoms with Gasteiger partial charge in [-0.3, -0.25) is 4.79 Å². The van der Waals surface area contributed by atoms with Crippen LogP contribution in [0.2, 0.25) is 0 Å². The largest absolute Gasteiger partial charge is 0.355 e. The first kappa shape index (κ1) is 9.61. The first-order valence-electron chi connectivity index (χ1n) is 4.73. The molecule has 0 atom stereocenters. The fraction of sp³-hybridized carbons (Fsp3) is 0.556. The van der Waals surface area contributed by atoms with E-state index in [1.54, 1.807) is 17.5 Å². The van der Waals surface area contributed by atoms with Crippen molar-refractivity contribution in [2.24, 2.45) is 5.92 Å². The quantitative estimate of drug-likeness (QED) is 0.738. The number of carbonyl (C=O) groups is 1. The maximum Gasteiger partial charge on any atom is 0.225 e. The van der Waals surface area contributed by atoms with E-state index in [1.165, 1.54) is 0 Å². The average Bonchev–Trinajstić information content (AvgIpc) is 2.53.